The maximum Gasteiger partial charge on any atom is 0.416 e. The molecule has 0 aliphatic carbocycles. The lowest BCUT2D eigenvalue weighted by molar-refractivity contribution is -0.137. The third-order valence-electron chi connectivity index (χ3n) is 3.79. The van der Waals surface area contributed by atoms with Gasteiger partial charge in [-0.3, -0.25) is 0 Å². The number of alkyl halides is 4. The fraction of sp³-hybridized carbons (Fsp3) is 0.235. The smallest absolute Gasteiger partial charge is 0.416 e. The van der Waals surface area contributed by atoms with Gasteiger partial charge in [0.15, 0.2) is 0 Å². The van der Waals surface area contributed by atoms with E-state index in [0.29, 0.717) is 11.1 Å². The number of aryl methyl sites for hydroxylation is 1. The van der Waals surface area contributed by atoms with Crippen LogP contribution >= 0.6 is 15.9 Å². The van der Waals surface area contributed by atoms with Gasteiger partial charge in [-0.1, -0.05) is 45.8 Å². The number of carbonyl (C=O) groups excluding carboxylic acids is 1. The van der Waals surface area contributed by atoms with E-state index in [1.807, 2.05) is 19.1 Å². The summed E-state index contributed by atoms with van der Waals surface area (Å²) < 4.78 is 43.3. The van der Waals surface area contributed by atoms with Crippen LogP contribution in [0.3, 0.4) is 0 Å². The molecule has 0 radical (unpaired) electrons. The van der Waals surface area contributed by atoms with Crippen LogP contribution in [0.4, 0.5) is 13.2 Å². The summed E-state index contributed by atoms with van der Waals surface area (Å²) in [7, 11) is 0. The van der Waals surface area contributed by atoms with Crippen LogP contribution in [0.15, 0.2) is 42.5 Å². The molecule has 23 heavy (non-hydrogen) atoms. The molecule has 0 N–H and O–H groups in total. The molecule has 0 aromatic heterocycles. The highest BCUT2D eigenvalue weighted by Crippen LogP contribution is 2.45. The third kappa shape index (κ3) is 3.00. The van der Waals surface area contributed by atoms with E-state index in [1.54, 1.807) is 6.07 Å². The van der Waals surface area contributed by atoms with Gasteiger partial charge in [0.25, 0.3) is 0 Å². The van der Waals surface area contributed by atoms with Gasteiger partial charge in [0.2, 0.25) is 0 Å². The Hall–Kier alpha value is -1.82. The van der Waals surface area contributed by atoms with Gasteiger partial charge in [0.05, 0.1) is 16.0 Å². The van der Waals surface area contributed by atoms with E-state index in [0.717, 1.165) is 23.3 Å². The fourth-order valence-electron chi connectivity index (χ4n) is 2.59. The monoisotopic (exact) mass is 384 g/mol. The first kappa shape index (κ1) is 16.1. The summed E-state index contributed by atoms with van der Waals surface area (Å²) in [5, 5.41) is 0. The van der Waals surface area contributed by atoms with Crippen molar-refractivity contribution in [2.45, 2.75) is 24.0 Å². The van der Waals surface area contributed by atoms with Crippen molar-refractivity contribution in [3.05, 3.63) is 70.3 Å². The highest BCUT2D eigenvalue weighted by molar-refractivity contribution is 9.09. The van der Waals surface area contributed by atoms with Gasteiger partial charge in [0.1, 0.15) is 6.10 Å². The lowest BCUT2D eigenvalue weighted by atomic mass is 9.97. The molecule has 0 amide bonds. The maximum atomic E-state index is 12.6. The van der Waals surface area contributed by atoms with Gasteiger partial charge in [-0.25, -0.2) is 4.79 Å². The standard InChI is InChI=1S/C17H12BrF3O2/c1-9-2-7-12-13(8-9)16(22)23-15(12)14(18)10-3-5-11(6-4-10)17(19,20)21/h2-8,14-15H,1H3/t14-,15+/m0/s1. The number of fused-ring (bicyclic) bond motifs is 1. The number of benzene rings is 2. The van der Waals surface area contributed by atoms with E-state index >= 15 is 0 Å². The molecule has 2 aromatic rings. The van der Waals surface area contributed by atoms with Crippen LogP contribution < -0.4 is 0 Å². The molecule has 0 fully saturated rings. The van der Waals surface area contributed by atoms with E-state index in [-0.39, 0.29) is 0 Å². The Morgan fingerprint density at radius 3 is 2.39 bits per heavy atom. The van der Waals surface area contributed by atoms with Crippen LogP contribution in [0.1, 0.15) is 43.5 Å². The molecule has 2 aromatic carbocycles. The maximum absolute atomic E-state index is 12.6. The molecule has 1 aliphatic rings. The van der Waals surface area contributed by atoms with Gasteiger partial charge in [-0.05, 0) is 30.7 Å². The first-order chi connectivity index (χ1) is 10.8. The largest absolute Gasteiger partial charge is 0.452 e. The second-order valence-corrected chi connectivity index (χ2v) is 6.42. The number of rotatable bonds is 2. The summed E-state index contributed by atoms with van der Waals surface area (Å²) >= 11 is 3.45. The molecule has 2 atom stereocenters. The van der Waals surface area contributed by atoms with Gasteiger partial charge in [-0.2, -0.15) is 13.2 Å². The second kappa shape index (κ2) is 5.67. The number of hydrogen-bond donors (Lipinski definition) is 0. The molecule has 1 heterocycles. The van der Waals surface area contributed by atoms with Crippen molar-refractivity contribution in [1.29, 1.82) is 0 Å². The number of hydrogen-bond acceptors (Lipinski definition) is 2. The molecule has 0 unspecified atom stereocenters. The van der Waals surface area contributed by atoms with Crippen molar-refractivity contribution in [2.24, 2.45) is 0 Å². The van der Waals surface area contributed by atoms with E-state index in [4.69, 9.17) is 4.74 Å². The third-order valence-corrected chi connectivity index (χ3v) is 4.80. The lowest BCUT2D eigenvalue weighted by Gasteiger charge is -2.18. The van der Waals surface area contributed by atoms with Crippen LogP contribution in [0.5, 0.6) is 0 Å². The van der Waals surface area contributed by atoms with Crippen molar-refractivity contribution in [1.82, 2.24) is 0 Å². The Labute approximate surface area is 139 Å². The molecule has 3 rings (SSSR count). The van der Waals surface area contributed by atoms with Crippen molar-refractivity contribution in [2.75, 3.05) is 0 Å². The molecular weight excluding hydrogens is 373 g/mol. The number of cyclic esters (lactones) is 1. The lowest BCUT2D eigenvalue weighted by Crippen LogP contribution is -2.08. The summed E-state index contributed by atoms with van der Waals surface area (Å²) in [4.78, 5) is 11.5. The van der Waals surface area contributed by atoms with Crippen LogP contribution in [-0.2, 0) is 10.9 Å². The first-order valence-electron chi connectivity index (χ1n) is 6.90. The molecule has 0 saturated heterocycles. The van der Waals surface area contributed by atoms with Gasteiger partial charge in [0, 0.05) is 5.56 Å². The zero-order chi connectivity index (χ0) is 16.8. The quantitative estimate of drug-likeness (QED) is 0.514. The van der Waals surface area contributed by atoms with E-state index in [1.165, 1.54) is 12.1 Å². The molecular formula is C17H12BrF3O2. The second-order valence-electron chi connectivity index (χ2n) is 5.44. The highest BCUT2D eigenvalue weighted by atomic mass is 79.9. The number of ether oxygens (including phenoxy) is 1. The Kier molecular flexibility index (Phi) is 3.96. The number of carbonyl (C=O) groups is 1. The zero-order valence-corrected chi connectivity index (χ0v) is 13.6. The first-order valence-corrected chi connectivity index (χ1v) is 7.81. The fourth-order valence-corrected chi connectivity index (χ4v) is 3.28. The van der Waals surface area contributed by atoms with Crippen molar-refractivity contribution in [3.8, 4) is 0 Å². The molecule has 1 aliphatic heterocycles. The average molecular weight is 385 g/mol. The Morgan fingerprint density at radius 1 is 1.13 bits per heavy atom. The summed E-state index contributed by atoms with van der Waals surface area (Å²) in [6.07, 6.45) is -4.93. The van der Waals surface area contributed by atoms with Gasteiger partial charge >= 0.3 is 12.1 Å². The minimum atomic E-state index is -4.37. The summed E-state index contributed by atoms with van der Waals surface area (Å²) in [5.74, 6) is -0.412. The SMILES string of the molecule is Cc1ccc2c(c1)C(=O)O[C@H]2[C@@H](Br)c1ccc(C(F)(F)F)cc1. The van der Waals surface area contributed by atoms with Crippen molar-refractivity contribution < 1.29 is 22.7 Å². The molecule has 0 spiro atoms. The van der Waals surface area contributed by atoms with Crippen LogP contribution in [-0.4, -0.2) is 5.97 Å². The molecule has 2 nitrogen and oxygen atoms in total. The predicted octanol–water partition coefficient (Wildman–Crippen LogP) is 5.36. The van der Waals surface area contributed by atoms with Crippen LogP contribution in [0, 0.1) is 6.92 Å². The zero-order valence-electron chi connectivity index (χ0n) is 12.0. The highest BCUT2D eigenvalue weighted by Gasteiger charge is 2.37. The average Bonchev–Trinajstić information content (AvgIpc) is 2.82. The normalized spacial score (nSPS) is 18.5. The summed E-state index contributed by atoms with van der Waals surface area (Å²) in [6.45, 7) is 1.88. The van der Waals surface area contributed by atoms with Crippen LogP contribution in [0.25, 0.3) is 0 Å². The van der Waals surface area contributed by atoms with E-state index < -0.39 is 28.6 Å². The minimum absolute atomic E-state index is 0.412. The van der Waals surface area contributed by atoms with E-state index in [9.17, 15) is 18.0 Å². The topological polar surface area (TPSA) is 26.3 Å². The van der Waals surface area contributed by atoms with Gasteiger partial charge in [-0.15, -0.1) is 0 Å². The number of esters is 1. The van der Waals surface area contributed by atoms with Crippen molar-refractivity contribution in [3.63, 3.8) is 0 Å². The van der Waals surface area contributed by atoms with E-state index in [2.05, 4.69) is 15.9 Å². The Balaban J connectivity index is 1.90. The summed E-state index contributed by atoms with van der Waals surface area (Å²) in [6, 6.07) is 10.3. The van der Waals surface area contributed by atoms with Gasteiger partial charge < -0.3 is 4.74 Å². The molecule has 6 heteroatoms. The number of halogens is 4. The minimum Gasteiger partial charge on any atom is -0.452 e. The van der Waals surface area contributed by atoms with Crippen molar-refractivity contribution >= 4 is 21.9 Å². The summed E-state index contributed by atoms with van der Waals surface area (Å²) in [5.41, 5.74) is 2.10. The molecule has 0 saturated carbocycles. The molecule has 120 valence electrons. The molecule has 0 bridgehead atoms. The Bertz CT molecular complexity index is 753. The Morgan fingerprint density at radius 2 is 1.78 bits per heavy atom. The van der Waals surface area contributed by atoms with Crippen LogP contribution in [0.2, 0.25) is 0 Å². The predicted molar refractivity (Wildman–Crippen MR) is 82.4 cm³/mol.